The van der Waals surface area contributed by atoms with E-state index in [0.29, 0.717) is 17.0 Å². The Hall–Kier alpha value is -1.85. The molecule has 1 aromatic carbocycles. The Kier molecular flexibility index (Phi) is 5.80. The summed E-state index contributed by atoms with van der Waals surface area (Å²) in [7, 11) is 0. The molecular formula is C17H22ClN3O2. The number of nitrogens with one attached hydrogen (secondary N) is 1. The highest BCUT2D eigenvalue weighted by atomic mass is 35.5. The molecule has 0 radical (unpaired) electrons. The van der Waals surface area contributed by atoms with E-state index in [1.807, 2.05) is 32.9 Å². The van der Waals surface area contributed by atoms with Crippen LogP contribution in [0.3, 0.4) is 0 Å². The molecule has 5 nitrogen and oxygen atoms in total. The van der Waals surface area contributed by atoms with E-state index in [1.54, 1.807) is 16.8 Å². The van der Waals surface area contributed by atoms with E-state index in [0.717, 1.165) is 23.5 Å². The molecule has 0 aliphatic carbocycles. The number of benzene rings is 1. The van der Waals surface area contributed by atoms with Crippen molar-refractivity contribution in [2.75, 3.05) is 6.61 Å². The highest BCUT2D eigenvalue weighted by molar-refractivity contribution is 6.31. The second-order valence-corrected chi connectivity index (χ2v) is 6.06. The third kappa shape index (κ3) is 4.12. The first kappa shape index (κ1) is 17.5. The van der Waals surface area contributed by atoms with E-state index in [-0.39, 0.29) is 18.6 Å². The van der Waals surface area contributed by atoms with Crippen LogP contribution >= 0.6 is 11.6 Å². The number of hydrogen-bond donors (Lipinski definition) is 2. The molecule has 0 saturated carbocycles. The van der Waals surface area contributed by atoms with Gasteiger partial charge < -0.3 is 10.4 Å². The highest BCUT2D eigenvalue weighted by Gasteiger charge is 2.12. The van der Waals surface area contributed by atoms with Gasteiger partial charge in [0.25, 0.3) is 5.91 Å². The number of aryl methyl sites for hydroxylation is 1. The summed E-state index contributed by atoms with van der Waals surface area (Å²) in [5, 5.41) is 16.8. The average Bonchev–Trinajstić information content (AvgIpc) is 2.80. The van der Waals surface area contributed by atoms with Gasteiger partial charge in [-0.3, -0.25) is 4.79 Å². The van der Waals surface area contributed by atoms with Crippen molar-refractivity contribution in [3.8, 4) is 5.69 Å². The Morgan fingerprint density at radius 3 is 2.52 bits per heavy atom. The fourth-order valence-corrected chi connectivity index (χ4v) is 2.52. The molecule has 1 atom stereocenters. The monoisotopic (exact) mass is 335 g/mol. The Morgan fingerprint density at radius 2 is 2.00 bits per heavy atom. The molecule has 2 rings (SSSR count). The minimum absolute atomic E-state index is 0.0316. The highest BCUT2D eigenvalue weighted by Crippen LogP contribution is 2.22. The van der Waals surface area contributed by atoms with Gasteiger partial charge in [-0.1, -0.05) is 11.6 Å². The summed E-state index contributed by atoms with van der Waals surface area (Å²) in [5.74, 6) is -0.117. The number of aliphatic hydroxyl groups is 1. The van der Waals surface area contributed by atoms with Crippen LogP contribution in [0.1, 0.15) is 41.5 Å². The minimum atomic E-state index is -0.117. The van der Waals surface area contributed by atoms with Crippen molar-refractivity contribution in [2.24, 2.45) is 0 Å². The van der Waals surface area contributed by atoms with Crippen molar-refractivity contribution in [2.45, 2.75) is 39.7 Å². The molecule has 1 unspecified atom stereocenters. The fraction of sp³-hybridized carbons (Fsp3) is 0.412. The molecule has 0 spiro atoms. The molecular weight excluding hydrogens is 314 g/mol. The van der Waals surface area contributed by atoms with Crippen LogP contribution in [0.4, 0.5) is 0 Å². The Bertz CT molecular complexity index is 680. The lowest BCUT2D eigenvalue weighted by atomic mass is 10.1. The molecule has 1 heterocycles. The number of amides is 1. The summed E-state index contributed by atoms with van der Waals surface area (Å²) in [6.45, 7) is 5.84. The van der Waals surface area contributed by atoms with Crippen LogP contribution in [0.25, 0.3) is 5.69 Å². The maximum Gasteiger partial charge on any atom is 0.251 e. The number of carbonyl (C=O) groups is 1. The van der Waals surface area contributed by atoms with Crippen molar-refractivity contribution in [1.29, 1.82) is 0 Å². The summed E-state index contributed by atoms with van der Waals surface area (Å²) < 4.78 is 1.77. The van der Waals surface area contributed by atoms with Gasteiger partial charge in [-0.2, -0.15) is 5.10 Å². The van der Waals surface area contributed by atoms with Gasteiger partial charge in [-0.15, -0.1) is 0 Å². The number of aromatic nitrogens is 2. The number of hydrogen-bond acceptors (Lipinski definition) is 3. The largest absolute Gasteiger partial charge is 0.396 e. The van der Waals surface area contributed by atoms with E-state index in [1.165, 1.54) is 0 Å². The van der Waals surface area contributed by atoms with Gasteiger partial charge in [0.2, 0.25) is 0 Å². The lowest BCUT2D eigenvalue weighted by Crippen LogP contribution is -2.32. The summed E-state index contributed by atoms with van der Waals surface area (Å²) in [6, 6.07) is 7.28. The van der Waals surface area contributed by atoms with Crippen molar-refractivity contribution < 1.29 is 9.90 Å². The molecule has 0 saturated heterocycles. The average molecular weight is 336 g/mol. The second-order valence-electron chi connectivity index (χ2n) is 5.68. The number of carbonyl (C=O) groups excluding carboxylic acids is 1. The predicted molar refractivity (Wildman–Crippen MR) is 91.3 cm³/mol. The van der Waals surface area contributed by atoms with Gasteiger partial charge in [0.15, 0.2) is 0 Å². The fourth-order valence-electron chi connectivity index (χ4n) is 2.41. The third-order valence-corrected chi connectivity index (χ3v) is 4.30. The lowest BCUT2D eigenvalue weighted by molar-refractivity contribution is 0.0936. The molecule has 1 amide bonds. The predicted octanol–water partition coefficient (Wildman–Crippen LogP) is 3.03. The first-order valence-corrected chi connectivity index (χ1v) is 8.05. The number of rotatable bonds is 6. The molecule has 0 bridgehead atoms. The second kappa shape index (κ2) is 7.62. The first-order valence-electron chi connectivity index (χ1n) is 7.68. The molecule has 6 heteroatoms. The molecule has 2 N–H and O–H groups in total. The Balaban J connectivity index is 2.10. The van der Waals surface area contributed by atoms with Gasteiger partial charge in [-0.25, -0.2) is 4.68 Å². The molecule has 2 aromatic rings. The smallest absolute Gasteiger partial charge is 0.251 e. The molecule has 0 fully saturated rings. The van der Waals surface area contributed by atoms with Crippen LogP contribution in [0.5, 0.6) is 0 Å². The first-order chi connectivity index (χ1) is 10.9. The van der Waals surface area contributed by atoms with Gasteiger partial charge in [-0.05, 0) is 57.9 Å². The summed E-state index contributed by atoms with van der Waals surface area (Å²) in [4.78, 5) is 12.2. The number of aliphatic hydroxyl groups excluding tert-OH is 1. The van der Waals surface area contributed by atoms with E-state index in [2.05, 4.69) is 10.4 Å². The topological polar surface area (TPSA) is 67.2 Å². The summed E-state index contributed by atoms with van der Waals surface area (Å²) in [5.41, 5.74) is 3.11. The third-order valence-electron chi connectivity index (χ3n) is 3.75. The van der Waals surface area contributed by atoms with Gasteiger partial charge >= 0.3 is 0 Å². The quantitative estimate of drug-likeness (QED) is 0.852. The maximum atomic E-state index is 12.2. The van der Waals surface area contributed by atoms with Crippen LogP contribution in [-0.4, -0.2) is 33.4 Å². The van der Waals surface area contributed by atoms with E-state index < -0.39 is 0 Å². The van der Waals surface area contributed by atoms with Gasteiger partial charge in [0.1, 0.15) is 0 Å². The van der Waals surface area contributed by atoms with Crippen LogP contribution in [-0.2, 0) is 0 Å². The van der Waals surface area contributed by atoms with Gasteiger partial charge in [0.05, 0.1) is 22.1 Å². The van der Waals surface area contributed by atoms with Crippen LogP contribution in [0.15, 0.2) is 24.3 Å². The number of nitrogens with zero attached hydrogens (tertiary/aromatic N) is 2. The molecule has 0 aliphatic rings. The minimum Gasteiger partial charge on any atom is -0.396 e. The van der Waals surface area contributed by atoms with Crippen molar-refractivity contribution in [3.05, 3.63) is 46.2 Å². The zero-order valence-corrected chi connectivity index (χ0v) is 14.4. The van der Waals surface area contributed by atoms with Crippen LogP contribution in [0.2, 0.25) is 5.02 Å². The summed E-state index contributed by atoms with van der Waals surface area (Å²) in [6.07, 6.45) is 1.43. The van der Waals surface area contributed by atoms with E-state index >= 15 is 0 Å². The normalized spacial score (nSPS) is 12.2. The molecule has 23 heavy (non-hydrogen) atoms. The van der Waals surface area contributed by atoms with E-state index in [4.69, 9.17) is 16.7 Å². The summed E-state index contributed by atoms with van der Waals surface area (Å²) >= 11 is 6.16. The lowest BCUT2D eigenvalue weighted by Gasteiger charge is -2.13. The van der Waals surface area contributed by atoms with E-state index in [9.17, 15) is 4.79 Å². The molecule has 124 valence electrons. The van der Waals surface area contributed by atoms with Crippen molar-refractivity contribution in [1.82, 2.24) is 15.1 Å². The van der Waals surface area contributed by atoms with Gasteiger partial charge in [0, 0.05) is 18.2 Å². The standard InChI is InChI=1S/C17H22ClN3O2/c1-11(5-4-10-22)19-17(23)14-6-8-15(9-7-14)21-13(3)16(18)12(2)20-21/h6-9,11,22H,4-5,10H2,1-3H3,(H,19,23). The Labute approximate surface area is 141 Å². The molecule has 0 aliphatic heterocycles. The number of halogens is 1. The zero-order chi connectivity index (χ0) is 17.0. The van der Waals surface area contributed by atoms with Crippen molar-refractivity contribution >= 4 is 17.5 Å². The maximum absolute atomic E-state index is 12.2. The van der Waals surface area contributed by atoms with Crippen molar-refractivity contribution in [3.63, 3.8) is 0 Å². The Morgan fingerprint density at radius 1 is 1.35 bits per heavy atom. The zero-order valence-electron chi connectivity index (χ0n) is 13.6. The van der Waals surface area contributed by atoms with Crippen LogP contribution < -0.4 is 5.32 Å². The SMILES string of the molecule is Cc1nn(-c2ccc(C(=O)NC(C)CCCO)cc2)c(C)c1Cl. The van der Waals surface area contributed by atoms with Crippen LogP contribution in [0, 0.1) is 13.8 Å². The molecule has 1 aromatic heterocycles.